The maximum atomic E-state index is 12.5. The van der Waals surface area contributed by atoms with Crippen molar-refractivity contribution in [3.63, 3.8) is 0 Å². The van der Waals surface area contributed by atoms with Crippen LogP contribution in [0.5, 0.6) is 0 Å². The number of halogens is 1. The fourth-order valence-electron chi connectivity index (χ4n) is 1.77. The molecule has 1 amide bonds. The van der Waals surface area contributed by atoms with E-state index in [1.165, 1.54) is 25.1 Å². The first-order chi connectivity index (χ1) is 10.3. The molecule has 0 aliphatic carbocycles. The highest BCUT2D eigenvalue weighted by molar-refractivity contribution is 9.10. The molecular weight excluding hydrogens is 368 g/mol. The Morgan fingerprint density at radius 3 is 2.23 bits per heavy atom. The average Bonchev–Trinajstić information content (AvgIpc) is 2.46. The van der Waals surface area contributed by atoms with Crippen LogP contribution in [-0.2, 0) is 10.0 Å². The normalized spacial score (nSPS) is 11.3. The number of carbonyl (C=O) groups excluding carboxylic acids is 1. The lowest BCUT2D eigenvalue weighted by molar-refractivity contribution is 0.0790. The zero-order valence-corrected chi connectivity index (χ0v) is 15.0. The van der Waals surface area contributed by atoms with Crippen molar-refractivity contribution in [3.05, 3.63) is 53.5 Å². The van der Waals surface area contributed by atoms with Crippen LogP contribution in [0.15, 0.2) is 52.9 Å². The van der Waals surface area contributed by atoms with E-state index in [1.54, 1.807) is 24.3 Å². The minimum Gasteiger partial charge on any atom is -0.331 e. The van der Waals surface area contributed by atoms with Gasteiger partial charge in [0.05, 0.1) is 4.90 Å². The third-order valence-corrected chi connectivity index (χ3v) is 5.73. The van der Waals surface area contributed by atoms with E-state index in [0.717, 1.165) is 4.31 Å². The van der Waals surface area contributed by atoms with Crippen molar-refractivity contribution >= 4 is 31.9 Å². The van der Waals surface area contributed by atoms with Crippen LogP contribution >= 0.6 is 15.9 Å². The summed E-state index contributed by atoms with van der Waals surface area (Å²) in [6.07, 6.45) is 3.22. The van der Waals surface area contributed by atoms with Crippen LogP contribution < -0.4 is 0 Å². The predicted molar refractivity (Wildman–Crippen MR) is 91.3 cm³/mol. The van der Waals surface area contributed by atoms with Gasteiger partial charge in [0, 0.05) is 37.2 Å². The van der Waals surface area contributed by atoms with Crippen LogP contribution in [0.3, 0.4) is 0 Å². The molecule has 0 bridgehead atoms. The molecule has 7 heteroatoms. The monoisotopic (exact) mass is 386 g/mol. The van der Waals surface area contributed by atoms with Crippen LogP contribution in [-0.4, -0.2) is 50.7 Å². The van der Waals surface area contributed by atoms with E-state index in [4.69, 9.17) is 0 Å². The van der Waals surface area contributed by atoms with Gasteiger partial charge in [0.2, 0.25) is 10.0 Å². The SMILES string of the molecule is C=CCN(CC=C)C(=O)c1ccc(Br)c(S(=O)(=O)N(C)C)c1. The van der Waals surface area contributed by atoms with E-state index in [2.05, 4.69) is 29.1 Å². The largest absolute Gasteiger partial charge is 0.331 e. The molecule has 120 valence electrons. The number of amides is 1. The van der Waals surface area contributed by atoms with Gasteiger partial charge in [-0.15, -0.1) is 13.2 Å². The first-order valence-corrected chi connectivity index (χ1v) is 8.72. The van der Waals surface area contributed by atoms with E-state index in [9.17, 15) is 13.2 Å². The summed E-state index contributed by atoms with van der Waals surface area (Å²) in [6.45, 7) is 7.95. The van der Waals surface area contributed by atoms with Crippen molar-refractivity contribution in [2.45, 2.75) is 4.90 Å². The van der Waals surface area contributed by atoms with E-state index in [0.29, 0.717) is 23.1 Å². The Balaban J connectivity index is 3.31. The van der Waals surface area contributed by atoms with E-state index in [1.807, 2.05) is 0 Å². The molecule has 0 aromatic heterocycles. The zero-order chi connectivity index (χ0) is 16.9. The van der Waals surface area contributed by atoms with Crippen molar-refractivity contribution in [1.82, 2.24) is 9.21 Å². The summed E-state index contributed by atoms with van der Waals surface area (Å²) in [5, 5.41) is 0. The fourth-order valence-corrected chi connectivity index (χ4v) is 3.61. The molecule has 1 aromatic carbocycles. The molecule has 0 saturated heterocycles. The smallest absolute Gasteiger partial charge is 0.254 e. The Bertz CT molecular complexity index is 674. The van der Waals surface area contributed by atoms with E-state index < -0.39 is 10.0 Å². The summed E-state index contributed by atoms with van der Waals surface area (Å²) in [7, 11) is -0.754. The van der Waals surface area contributed by atoms with E-state index >= 15 is 0 Å². The molecule has 0 N–H and O–H groups in total. The minimum atomic E-state index is -3.64. The zero-order valence-electron chi connectivity index (χ0n) is 12.6. The number of nitrogens with zero attached hydrogens (tertiary/aromatic N) is 2. The molecule has 1 aromatic rings. The van der Waals surface area contributed by atoms with Crippen molar-refractivity contribution in [1.29, 1.82) is 0 Å². The molecule has 0 spiro atoms. The van der Waals surface area contributed by atoms with Crippen molar-refractivity contribution in [3.8, 4) is 0 Å². The Morgan fingerprint density at radius 2 is 1.77 bits per heavy atom. The highest BCUT2D eigenvalue weighted by atomic mass is 79.9. The quantitative estimate of drug-likeness (QED) is 0.676. The molecular formula is C15H19BrN2O3S. The number of benzene rings is 1. The van der Waals surface area contributed by atoms with Crippen molar-refractivity contribution < 1.29 is 13.2 Å². The molecule has 0 unspecified atom stereocenters. The second-order valence-electron chi connectivity index (χ2n) is 4.72. The van der Waals surface area contributed by atoms with Crippen LogP contribution in [0.4, 0.5) is 0 Å². The van der Waals surface area contributed by atoms with Gasteiger partial charge in [0.15, 0.2) is 0 Å². The van der Waals surface area contributed by atoms with Crippen molar-refractivity contribution in [2.24, 2.45) is 0 Å². The van der Waals surface area contributed by atoms with Gasteiger partial charge < -0.3 is 4.90 Å². The van der Waals surface area contributed by atoms with Gasteiger partial charge in [-0.05, 0) is 34.1 Å². The molecule has 0 aliphatic heterocycles. The maximum Gasteiger partial charge on any atom is 0.254 e. The first-order valence-electron chi connectivity index (χ1n) is 6.48. The number of carbonyl (C=O) groups is 1. The highest BCUT2D eigenvalue weighted by Gasteiger charge is 2.23. The van der Waals surface area contributed by atoms with Gasteiger partial charge in [-0.2, -0.15) is 0 Å². The van der Waals surface area contributed by atoms with Gasteiger partial charge >= 0.3 is 0 Å². The molecule has 0 aliphatic rings. The number of sulfonamides is 1. The summed E-state index contributed by atoms with van der Waals surface area (Å²) >= 11 is 3.22. The van der Waals surface area contributed by atoms with Crippen molar-refractivity contribution in [2.75, 3.05) is 27.2 Å². The molecule has 0 radical (unpaired) electrons. The predicted octanol–water partition coefficient (Wildman–Crippen LogP) is 2.51. The first kappa shape index (κ1) is 18.6. The summed E-state index contributed by atoms with van der Waals surface area (Å²) in [4.78, 5) is 14.1. The molecule has 1 rings (SSSR count). The third kappa shape index (κ3) is 4.06. The Kier molecular flexibility index (Phi) is 6.52. The summed E-state index contributed by atoms with van der Waals surface area (Å²) in [5.41, 5.74) is 0.298. The molecule has 0 atom stereocenters. The number of hydrogen-bond donors (Lipinski definition) is 0. The Hall–Kier alpha value is -1.44. The van der Waals surface area contributed by atoms with Crippen LogP contribution in [0.1, 0.15) is 10.4 Å². The van der Waals surface area contributed by atoms with Gasteiger partial charge in [0.1, 0.15) is 0 Å². The number of hydrogen-bond acceptors (Lipinski definition) is 3. The van der Waals surface area contributed by atoms with Gasteiger partial charge in [-0.25, -0.2) is 12.7 Å². The van der Waals surface area contributed by atoms with E-state index in [-0.39, 0.29) is 10.8 Å². The molecule has 0 fully saturated rings. The lowest BCUT2D eigenvalue weighted by Gasteiger charge is -2.20. The van der Waals surface area contributed by atoms with Crippen LogP contribution in [0, 0.1) is 0 Å². The topological polar surface area (TPSA) is 57.7 Å². The number of rotatable bonds is 7. The van der Waals surface area contributed by atoms with Crippen LogP contribution in [0.2, 0.25) is 0 Å². The lowest BCUT2D eigenvalue weighted by atomic mass is 10.2. The fraction of sp³-hybridized carbons (Fsp3) is 0.267. The second kappa shape index (κ2) is 7.71. The third-order valence-electron chi connectivity index (χ3n) is 2.92. The van der Waals surface area contributed by atoms with Gasteiger partial charge in [-0.1, -0.05) is 12.2 Å². The lowest BCUT2D eigenvalue weighted by Crippen LogP contribution is -2.31. The molecule has 22 heavy (non-hydrogen) atoms. The van der Waals surface area contributed by atoms with Gasteiger partial charge in [-0.3, -0.25) is 4.79 Å². The standard InChI is InChI=1S/C15H19BrN2O3S/c1-5-9-18(10-6-2)15(19)12-7-8-13(16)14(11-12)22(20,21)17(3)4/h5-8,11H,1-2,9-10H2,3-4H3. The highest BCUT2D eigenvalue weighted by Crippen LogP contribution is 2.25. The summed E-state index contributed by atoms with van der Waals surface area (Å²) < 4.78 is 26.1. The molecule has 0 saturated carbocycles. The second-order valence-corrected chi connectivity index (χ2v) is 7.69. The summed E-state index contributed by atoms with van der Waals surface area (Å²) in [6, 6.07) is 4.52. The van der Waals surface area contributed by atoms with Gasteiger partial charge in [0.25, 0.3) is 5.91 Å². The Morgan fingerprint density at radius 1 is 1.23 bits per heavy atom. The van der Waals surface area contributed by atoms with Crippen LogP contribution in [0.25, 0.3) is 0 Å². The average molecular weight is 387 g/mol. The minimum absolute atomic E-state index is 0.0560. The maximum absolute atomic E-state index is 12.5. The summed E-state index contributed by atoms with van der Waals surface area (Å²) in [5.74, 6) is -0.275. The Labute approximate surface area is 140 Å². The molecule has 5 nitrogen and oxygen atoms in total. The molecule has 0 heterocycles.